The summed E-state index contributed by atoms with van der Waals surface area (Å²) in [4.78, 5) is 10.0. The molecule has 0 saturated heterocycles. The van der Waals surface area contributed by atoms with Gasteiger partial charge >= 0.3 is 6.03 Å². The van der Waals surface area contributed by atoms with Crippen LogP contribution in [0.25, 0.3) is 0 Å². The van der Waals surface area contributed by atoms with Crippen molar-refractivity contribution >= 4 is 12.0 Å². The van der Waals surface area contributed by atoms with Crippen molar-refractivity contribution < 1.29 is 4.79 Å². The van der Waals surface area contributed by atoms with Crippen molar-refractivity contribution in [1.82, 2.24) is 5.12 Å². The molecule has 7 nitrogen and oxygen atoms in total. The molecule has 0 unspecified atom stereocenters. The average Bonchev–Trinajstić information content (AvgIpc) is 1.63. The summed E-state index contributed by atoms with van der Waals surface area (Å²) < 4.78 is 0. The summed E-state index contributed by atoms with van der Waals surface area (Å²) in [7, 11) is 0. The molecule has 0 radical (unpaired) electrons. The standard InChI is InChI=1S/C2H8N6O/c3-1(4)7-8(6)2(5)9/h6H2,(H2,5,9)(H4,3,4,7). The van der Waals surface area contributed by atoms with Crippen molar-refractivity contribution in [3.8, 4) is 0 Å². The Morgan fingerprint density at radius 1 is 1.33 bits per heavy atom. The van der Waals surface area contributed by atoms with Gasteiger partial charge in [0.25, 0.3) is 0 Å². The molecular weight excluding hydrogens is 124 g/mol. The predicted molar refractivity (Wildman–Crippen MR) is 31.4 cm³/mol. The monoisotopic (exact) mass is 132 g/mol. The van der Waals surface area contributed by atoms with Crippen molar-refractivity contribution in [3.63, 3.8) is 0 Å². The van der Waals surface area contributed by atoms with Crippen molar-refractivity contribution in [3.05, 3.63) is 0 Å². The lowest BCUT2D eigenvalue weighted by Crippen LogP contribution is -2.40. The summed E-state index contributed by atoms with van der Waals surface area (Å²) in [6.45, 7) is 0. The number of carbonyl (C=O) groups excluding carboxylic acids is 1. The Labute approximate surface area is 51.2 Å². The van der Waals surface area contributed by atoms with Gasteiger partial charge in [0.15, 0.2) is 0 Å². The summed E-state index contributed by atoms with van der Waals surface area (Å²) in [6.07, 6.45) is 0. The summed E-state index contributed by atoms with van der Waals surface area (Å²) >= 11 is 0. The fraction of sp³-hybridized carbons (Fsp3) is 0. The normalized spacial score (nSPS) is 8.11. The van der Waals surface area contributed by atoms with Crippen LogP contribution in [0.1, 0.15) is 0 Å². The molecule has 0 aliphatic carbocycles. The molecule has 7 heteroatoms. The Bertz CT molecular complexity index is 136. The lowest BCUT2D eigenvalue weighted by atomic mass is 11.0. The van der Waals surface area contributed by atoms with Gasteiger partial charge in [-0.3, -0.25) is 0 Å². The zero-order valence-corrected chi connectivity index (χ0v) is 4.61. The number of hydrogen-bond acceptors (Lipinski definition) is 3. The molecule has 0 saturated carbocycles. The maximum atomic E-state index is 10.0. The van der Waals surface area contributed by atoms with E-state index in [0.717, 1.165) is 0 Å². The molecule has 0 spiro atoms. The quantitative estimate of drug-likeness (QED) is 0.102. The summed E-state index contributed by atoms with van der Waals surface area (Å²) in [5, 5.41) is 3.43. The third-order valence-electron chi connectivity index (χ3n) is 0.449. The highest BCUT2D eigenvalue weighted by molar-refractivity contribution is 5.78. The van der Waals surface area contributed by atoms with Crippen LogP contribution in [0, 0.1) is 0 Å². The van der Waals surface area contributed by atoms with Crippen molar-refractivity contribution in [1.29, 1.82) is 0 Å². The van der Waals surface area contributed by atoms with Crippen LogP contribution in [-0.4, -0.2) is 17.1 Å². The Morgan fingerprint density at radius 2 is 1.78 bits per heavy atom. The van der Waals surface area contributed by atoms with E-state index in [9.17, 15) is 4.79 Å². The zero-order valence-electron chi connectivity index (χ0n) is 4.61. The highest BCUT2D eigenvalue weighted by Gasteiger charge is 1.98. The number of guanidine groups is 1. The van der Waals surface area contributed by atoms with Crippen LogP contribution in [-0.2, 0) is 0 Å². The summed E-state index contributed by atoms with van der Waals surface area (Å²) in [5.41, 5.74) is 14.3. The van der Waals surface area contributed by atoms with Gasteiger partial charge in [0.2, 0.25) is 5.96 Å². The molecule has 0 aromatic carbocycles. The third-order valence-corrected chi connectivity index (χ3v) is 0.449. The second kappa shape index (κ2) is 2.72. The van der Waals surface area contributed by atoms with Gasteiger partial charge in [-0.05, 0) is 0 Å². The number of primary amides is 1. The van der Waals surface area contributed by atoms with Gasteiger partial charge in [-0.25, -0.2) is 10.6 Å². The van der Waals surface area contributed by atoms with Gasteiger partial charge in [-0.15, -0.1) is 10.2 Å². The largest absolute Gasteiger partial charge is 0.369 e. The van der Waals surface area contributed by atoms with E-state index in [0.29, 0.717) is 5.12 Å². The number of nitrogens with two attached hydrogens (primary N) is 4. The van der Waals surface area contributed by atoms with Gasteiger partial charge in [-0.2, -0.15) is 0 Å². The molecule has 0 aromatic rings. The number of urea groups is 1. The molecule has 2 amide bonds. The first-order valence-electron chi connectivity index (χ1n) is 1.98. The SMILES string of the molecule is NC(=O)N(N)N=C(N)N. The fourth-order valence-electron chi connectivity index (χ4n) is 0.174. The van der Waals surface area contributed by atoms with Gasteiger partial charge in [-0.1, -0.05) is 0 Å². The Hall–Kier alpha value is -1.50. The number of hydrogen-bond donors (Lipinski definition) is 4. The number of rotatable bonds is 1. The smallest absolute Gasteiger partial charge is 0.350 e. The number of hydrazine groups is 1. The molecule has 0 rings (SSSR count). The number of hydrazone groups is 1. The van der Waals surface area contributed by atoms with E-state index in [1.807, 2.05) is 0 Å². The van der Waals surface area contributed by atoms with Crippen LogP contribution in [0.15, 0.2) is 5.10 Å². The fourth-order valence-corrected chi connectivity index (χ4v) is 0.174. The lowest BCUT2D eigenvalue weighted by Gasteiger charge is -2.04. The topological polar surface area (TPSA) is 137 Å². The Morgan fingerprint density at radius 3 is 1.89 bits per heavy atom. The minimum Gasteiger partial charge on any atom is -0.369 e. The van der Waals surface area contributed by atoms with E-state index in [4.69, 9.17) is 17.3 Å². The van der Waals surface area contributed by atoms with Crippen molar-refractivity contribution in [2.45, 2.75) is 0 Å². The molecule has 0 aliphatic rings. The number of carbonyl (C=O) groups is 1. The van der Waals surface area contributed by atoms with Gasteiger partial charge in [0, 0.05) is 0 Å². The predicted octanol–water partition coefficient (Wildman–Crippen LogP) is -2.57. The third kappa shape index (κ3) is 3.12. The molecule has 0 bridgehead atoms. The maximum absolute atomic E-state index is 10.0. The lowest BCUT2D eigenvalue weighted by molar-refractivity contribution is 0.211. The second-order valence-corrected chi connectivity index (χ2v) is 1.21. The maximum Gasteiger partial charge on any atom is 0.350 e. The van der Waals surface area contributed by atoms with Crippen LogP contribution >= 0.6 is 0 Å². The van der Waals surface area contributed by atoms with Crippen LogP contribution in [0.2, 0.25) is 0 Å². The highest BCUT2D eigenvalue weighted by atomic mass is 16.2. The molecule has 0 aromatic heterocycles. The summed E-state index contributed by atoms with van der Waals surface area (Å²) in [5.74, 6) is 4.51. The van der Waals surface area contributed by atoms with Crippen LogP contribution in [0.3, 0.4) is 0 Å². The average molecular weight is 132 g/mol. The minimum absolute atomic E-state index is 0.323. The zero-order chi connectivity index (χ0) is 7.44. The van der Waals surface area contributed by atoms with Gasteiger partial charge < -0.3 is 17.2 Å². The molecule has 9 heavy (non-hydrogen) atoms. The molecular formula is C2H8N6O. The van der Waals surface area contributed by atoms with Crippen LogP contribution < -0.4 is 23.0 Å². The molecule has 0 heterocycles. The summed E-state index contributed by atoms with van der Waals surface area (Å²) in [6, 6.07) is -0.927. The molecule has 52 valence electrons. The molecule has 0 fully saturated rings. The first-order chi connectivity index (χ1) is 4.04. The highest BCUT2D eigenvalue weighted by Crippen LogP contribution is 1.73. The number of nitrogens with zero attached hydrogens (tertiary/aromatic N) is 2. The van der Waals surface area contributed by atoms with E-state index < -0.39 is 6.03 Å². The molecule has 0 aliphatic heterocycles. The first kappa shape index (κ1) is 7.50. The van der Waals surface area contributed by atoms with Gasteiger partial charge in [0.1, 0.15) is 0 Å². The van der Waals surface area contributed by atoms with Crippen LogP contribution in [0.5, 0.6) is 0 Å². The molecule has 8 N–H and O–H groups in total. The van der Waals surface area contributed by atoms with E-state index in [-0.39, 0.29) is 5.96 Å². The van der Waals surface area contributed by atoms with Gasteiger partial charge in [0.05, 0.1) is 0 Å². The van der Waals surface area contributed by atoms with Crippen molar-refractivity contribution in [2.24, 2.45) is 28.1 Å². The Kier molecular flexibility index (Phi) is 2.27. The first-order valence-corrected chi connectivity index (χ1v) is 1.98. The van der Waals surface area contributed by atoms with E-state index in [1.165, 1.54) is 0 Å². The van der Waals surface area contributed by atoms with Crippen molar-refractivity contribution in [2.75, 3.05) is 0 Å². The van der Waals surface area contributed by atoms with E-state index >= 15 is 0 Å². The van der Waals surface area contributed by atoms with Crippen LogP contribution in [0.4, 0.5) is 4.79 Å². The van der Waals surface area contributed by atoms with E-state index in [1.54, 1.807) is 0 Å². The van der Waals surface area contributed by atoms with E-state index in [2.05, 4.69) is 10.8 Å². The minimum atomic E-state index is -0.927. The second-order valence-electron chi connectivity index (χ2n) is 1.21. The molecule has 0 atom stereocenters. The number of amides is 2. The Balaban J connectivity index is 3.91.